The third-order valence-corrected chi connectivity index (χ3v) is 4.48. The molecule has 0 spiro atoms. The van der Waals surface area contributed by atoms with Gasteiger partial charge in [-0.3, -0.25) is 19.3 Å². The van der Waals surface area contributed by atoms with Gasteiger partial charge in [-0.2, -0.15) is 0 Å². The van der Waals surface area contributed by atoms with E-state index in [1.165, 1.54) is 11.0 Å². The lowest BCUT2D eigenvalue weighted by atomic mass is 10.1. The monoisotopic (exact) mass is 365 g/mol. The van der Waals surface area contributed by atoms with Crippen LogP contribution in [0.4, 0.5) is 0 Å². The Morgan fingerprint density at radius 1 is 1.00 bits per heavy atom. The van der Waals surface area contributed by atoms with E-state index in [0.717, 1.165) is 18.5 Å². The summed E-state index contributed by atoms with van der Waals surface area (Å²) in [6, 6.07) is 14.0. The molecule has 27 heavy (non-hydrogen) atoms. The maximum atomic E-state index is 12.7. The lowest BCUT2D eigenvalue weighted by Crippen LogP contribution is -2.29. The second-order valence-corrected chi connectivity index (χ2v) is 6.86. The normalized spacial score (nSPS) is 13.2. The quantitative estimate of drug-likeness (QED) is 0.603. The van der Waals surface area contributed by atoms with Gasteiger partial charge in [0.25, 0.3) is 17.7 Å². The third kappa shape index (κ3) is 4.23. The zero-order chi connectivity index (χ0) is 19.4. The average molecular weight is 365 g/mol. The molecule has 1 aliphatic heterocycles. The van der Waals surface area contributed by atoms with E-state index in [2.05, 4.69) is 5.32 Å². The van der Waals surface area contributed by atoms with Crippen LogP contribution < -0.4 is 5.32 Å². The molecule has 0 saturated carbocycles. The SMILES string of the molecule is CN(C)CCCNC(=O)c1ccc2c(c1)C(=O)N(Cc1ccccc1)C2=O. The molecule has 0 saturated heterocycles. The maximum Gasteiger partial charge on any atom is 0.261 e. The minimum atomic E-state index is -0.360. The summed E-state index contributed by atoms with van der Waals surface area (Å²) in [5.74, 6) is -0.920. The Balaban J connectivity index is 1.70. The third-order valence-electron chi connectivity index (χ3n) is 4.48. The van der Waals surface area contributed by atoms with E-state index in [1.54, 1.807) is 12.1 Å². The fourth-order valence-corrected chi connectivity index (χ4v) is 3.04. The Labute approximate surface area is 158 Å². The lowest BCUT2D eigenvalue weighted by Gasteiger charge is -2.13. The number of carbonyl (C=O) groups is 3. The van der Waals surface area contributed by atoms with Gasteiger partial charge >= 0.3 is 0 Å². The zero-order valence-electron chi connectivity index (χ0n) is 15.6. The van der Waals surface area contributed by atoms with Gasteiger partial charge in [-0.05, 0) is 50.8 Å². The summed E-state index contributed by atoms with van der Waals surface area (Å²) in [7, 11) is 3.96. The highest BCUT2D eigenvalue weighted by molar-refractivity contribution is 6.22. The van der Waals surface area contributed by atoms with Crippen molar-refractivity contribution in [1.29, 1.82) is 0 Å². The van der Waals surface area contributed by atoms with E-state index in [4.69, 9.17) is 0 Å². The van der Waals surface area contributed by atoms with Gasteiger partial charge in [0.2, 0.25) is 0 Å². The predicted octanol–water partition coefficient (Wildman–Crippen LogP) is 2.16. The van der Waals surface area contributed by atoms with E-state index < -0.39 is 0 Å². The highest BCUT2D eigenvalue weighted by Gasteiger charge is 2.35. The number of imide groups is 1. The fraction of sp³-hybridized carbons (Fsp3) is 0.286. The van der Waals surface area contributed by atoms with Crippen LogP contribution in [0.5, 0.6) is 0 Å². The molecule has 3 amide bonds. The van der Waals surface area contributed by atoms with Gasteiger partial charge < -0.3 is 10.2 Å². The summed E-state index contributed by atoms with van der Waals surface area (Å²) in [4.78, 5) is 40.8. The highest BCUT2D eigenvalue weighted by Crippen LogP contribution is 2.25. The summed E-state index contributed by atoms with van der Waals surface area (Å²) >= 11 is 0. The molecular formula is C21H23N3O3. The molecule has 0 aromatic heterocycles. The van der Waals surface area contributed by atoms with Crippen molar-refractivity contribution in [2.45, 2.75) is 13.0 Å². The van der Waals surface area contributed by atoms with Crippen molar-refractivity contribution in [2.24, 2.45) is 0 Å². The molecule has 1 N–H and O–H groups in total. The molecule has 0 unspecified atom stereocenters. The number of benzene rings is 2. The molecule has 140 valence electrons. The van der Waals surface area contributed by atoms with Crippen LogP contribution in [-0.2, 0) is 6.54 Å². The van der Waals surface area contributed by atoms with Gasteiger partial charge in [0.1, 0.15) is 0 Å². The van der Waals surface area contributed by atoms with E-state index in [9.17, 15) is 14.4 Å². The minimum absolute atomic E-state index is 0.221. The van der Waals surface area contributed by atoms with E-state index in [-0.39, 0.29) is 29.8 Å². The zero-order valence-corrected chi connectivity index (χ0v) is 15.6. The Morgan fingerprint density at radius 2 is 1.70 bits per heavy atom. The van der Waals surface area contributed by atoms with Gasteiger partial charge in [0, 0.05) is 12.1 Å². The van der Waals surface area contributed by atoms with Crippen molar-refractivity contribution in [3.05, 3.63) is 70.8 Å². The molecule has 0 radical (unpaired) electrons. The van der Waals surface area contributed by atoms with Crippen LogP contribution in [0, 0.1) is 0 Å². The number of hydrogen-bond acceptors (Lipinski definition) is 4. The molecular weight excluding hydrogens is 342 g/mol. The van der Waals surface area contributed by atoms with Crippen LogP contribution in [0.3, 0.4) is 0 Å². The summed E-state index contributed by atoms with van der Waals surface area (Å²) in [5.41, 5.74) is 1.91. The van der Waals surface area contributed by atoms with Crippen molar-refractivity contribution in [2.75, 3.05) is 27.2 Å². The predicted molar refractivity (Wildman–Crippen MR) is 103 cm³/mol. The Bertz CT molecular complexity index is 862. The summed E-state index contributed by atoms with van der Waals surface area (Å²) in [6.45, 7) is 1.66. The average Bonchev–Trinajstić information content (AvgIpc) is 2.90. The first kappa shape index (κ1) is 18.8. The number of fused-ring (bicyclic) bond motifs is 1. The number of carbonyl (C=O) groups excluding carboxylic acids is 3. The van der Waals surface area contributed by atoms with Crippen LogP contribution in [-0.4, -0.2) is 54.7 Å². The Kier molecular flexibility index (Phi) is 5.66. The van der Waals surface area contributed by atoms with Crippen LogP contribution in [0.15, 0.2) is 48.5 Å². The summed E-state index contributed by atoms with van der Waals surface area (Å²) < 4.78 is 0. The van der Waals surface area contributed by atoms with Crippen LogP contribution >= 0.6 is 0 Å². The smallest absolute Gasteiger partial charge is 0.261 e. The van der Waals surface area contributed by atoms with E-state index in [1.807, 2.05) is 49.3 Å². The van der Waals surface area contributed by atoms with Crippen molar-refractivity contribution in [1.82, 2.24) is 15.1 Å². The molecule has 6 heteroatoms. The molecule has 0 atom stereocenters. The van der Waals surface area contributed by atoms with Crippen LogP contribution in [0.1, 0.15) is 43.1 Å². The van der Waals surface area contributed by atoms with Gasteiger partial charge in [-0.1, -0.05) is 30.3 Å². The molecule has 2 aromatic rings. The van der Waals surface area contributed by atoms with Gasteiger partial charge in [-0.15, -0.1) is 0 Å². The van der Waals surface area contributed by atoms with Crippen LogP contribution in [0.2, 0.25) is 0 Å². The Morgan fingerprint density at radius 3 is 2.41 bits per heavy atom. The number of rotatable bonds is 7. The molecule has 3 rings (SSSR count). The fourth-order valence-electron chi connectivity index (χ4n) is 3.04. The maximum absolute atomic E-state index is 12.7. The summed E-state index contributed by atoms with van der Waals surface area (Å²) in [6.07, 6.45) is 0.839. The number of amides is 3. The molecule has 1 aliphatic rings. The molecule has 2 aromatic carbocycles. The standard InChI is InChI=1S/C21H23N3O3/c1-23(2)12-6-11-22-19(25)16-9-10-17-18(13-16)21(27)24(20(17)26)14-15-7-4-3-5-8-15/h3-5,7-10,13H,6,11-12,14H2,1-2H3,(H,22,25). The first-order chi connectivity index (χ1) is 13.0. The second kappa shape index (κ2) is 8.14. The molecule has 1 heterocycles. The summed E-state index contributed by atoms with van der Waals surface area (Å²) in [5, 5.41) is 2.85. The minimum Gasteiger partial charge on any atom is -0.352 e. The van der Waals surface area contributed by atoms with Gasteiger partial charge in [0.15, 0.2) is 0 Å². The lowest BCUT2D eigenvalue weighted by molar-refractivity contribution is 0.0642. The first-order valence-corrected chi connectivity index (χ1v) is 8.94. The van der Waals surface area contributed by atoms with Crippen molar-refractivity contribution in [3.63, 3.8) is 0 Å². The van der Waals surface area contributed by atoms with Crippen molar-refractivity contribution >= 4 is 17.7 Å². The van der Waals surface area contributed by atoms with Gasteiger partial charge in [0.05, 0.1) is 17.7 Å². The van der Waals surface area contributed by atoms with Gasteiger partial charge in [-0.25, -0.2) is 0 Å². The van der Waals surface area contributed by atoms with Crippen LogP contribution in [0.25, 0.3) is 0 Å². The largest absolute Gasteiger partial charge is 0.352 e. The molecule has 6 nitrogen and oxygen atoms in total. The number of hydrogen-bond donors (Lipinski definition) is 1. The first-order valence-electron chi connectivity index (χ1n) is 8.94. The van der Waals surface area contributed by atoms with Crippen molar-refractivity contribution < 1.29 is 14.4 Å². The molecule has 0 bridgehead atoms. The number of nitrogens with zero attached hydrogens (tertiary/aromatic N) is 2. The van der Waals surface area contributed by atoms with E-state index >= 15 is 0 Å². The van der Waals surface area contributed by atoms with Crippen molar-refractivity contribution in [3.8, 4) is 0 Å². The second-order valence-electron chi connectivity index (χ2n) is 6.86. The van der Waals surface area contributed by atoms with E-state index in [0.29, 0.717) is 17.7 Å². The Hall–Kier alpha value is -2.99. The molecule has 0 fully saturated rings. The number of nitrogens with one attached hydrogen (secondary N) is 1. The topological polar surface area (TPSA) is 69.7 Å². The molecule has 0 aliphatic carbocycles. The highest BCUT2D eigenvalue weighted by atomic mass is 16.2.